The van der Waals surface area contributed by atoms with Gasteiger partial charge in [0.15, 0.2) is 11.6 Å². The van der Waals surface area contributed by atoms with Crippen LogP contribution < -0.4 is 16.0 Å². The number of amides is 2. The van der Waals surface area contributed by atoms with Crippen molar-refractivity contribution in [2.75, 3.05) is 16.0 Å². The van der Waals surface area contributed by atoms with Crippen LogP contribution in [-0.2, 0) is 11.8 Å². The molecule has 4 aromatic rings. The summed E-state index contributed by atoms with van der Waals surface area (Å²) in [4.78, 5) is 38.2. The second kappa shape index (κ2) is 8.75. The largest absolute Gasteiger partial charge is 0.344 e. The van der Waals surface area contributed by atoms with Crippen molar-refractivity contribution in [3.63, 3.8) is 0 Å². The number of aromatic nitrogens is 4. The van der Waals surface area contributed by atoms with E-state index in [0.29, 0.717) is 45.2 Å². The van der Waals surface area contributed by atoms with Crippen LogP contribution >= 0.6 is 0 Å². The Bertz CT molecular complexity index is 1500. The van der Waals surface area contributed by atoms with Crippen LogP contribution in [-0.4, -0.2) is 37.6 Å². The van der Waals surface area contributed by atoms with Gasteiger partial charge in [0.2, 0.25) is 0 Å². The third-order valence-corrected chi connectivity index (χ3v) is 5.55. The average Bonchev–Trinajstić information content (AvgIpc) is 3.55. The Morgan fingerprint density at radius 1 is 1.06 bits per heavy atom. The van der Waals surface area contributed by atoms with Gasteiger partial charge in [0, 0.05) is 53.6 Å². The van der Waals surface area contributed by atoms with Crippen molar-refractivity contribution in [3.05, 3.63) is 95.1 Å². The molecule has 1 aliphatic heterocycles. The summed E-state index contributed by atoms with van der Waals surface area (Å²) in [5.74, 6) is -0.249. The zero-order valence-electron chi connectivity index (χ0n) is 18.9. The predicted molar refractivity (Wildman–Crippen MR) is 131 cm³/mol. The first-order valence-corrected chi connectivity index (χ1v) is 10.8. The number of nitrogens with one attached hydrogen (secondary N) is 4. The van der Waals surface area contributed by atoms with E-state index in [2.05, 4.69) is 31.2 Å². The molecule has 10 nitrogen and oxygen atoms in total. The summed E-state index contributed by atoms with van der Waals surface area (Å²) in [5, 5.41) is 19.4. The van der Waals surface area contributed by atoms with Gasteiger partial charge in [0.1, 0.15) is 5.69 Å². The van der Waals surface area contributed by atoms with Crippen LogP contribution in [0.1, 0.15) is 37.7 Å². The smallest absolute Gasteiger partial charge is 0.273 e. The molecule has 2 aromatic heterocycles. The maximum Gasteiger partial charge on any atom is 0.273 e. The Balaban J connectivity index is 1.35. The van der Waals surface area contributed by atoms with Crippen molar-refractivity contribution in [1.82, 2.24) is 20.0 Å². The highest BCUT2D eigenvalue weighted by molar-refractivity contribution is 6.32. The van der Waals surface area contributed by atoms with Gasteiger partial charge in [-0.15, -0.1) is 0 Å². The van der Waals surface area contributed by atoms with E-state index in [9.17, 15) is 14.4 Å². The number of fused-ring (bicyclic) bond motifs is 1. The maximum atomic E-state index is 13.2. The highest BCUT2D eigenvalue weighted by Crippen LogP contribution is 2.33. The SMILES string of the molecule is Cc1cc(C(=O)Nc2cccc(C(=O)c3ccc4c(c3)NC(=O)/C4=C\Nc3cc[nH]n3)c2)n(C)n1. The lowest BCUT2D eigenvalue weighted by Crippen LogP contribution is -2.16. The topological polar surface area (TPSA) is 134 Å². The minimum atomic E-state index is -0.319. The van der Waals surface area contributed by atoms with Gasteiger partial charge in [0.05, 0.1) is 11.3 Å². The Morgan fingerprint density at radius 3 is 2.63 bits per heavy atom. The molecule has 10 heteroatoms. The minimum absolute atomic E-state index is 0.235. The molecule has 5 rings (SSSR count). The van der Waals surface area contributed by atoms with Crippen LogP contribution in [0.3, 0.4) is 0 Å². The molecule has 0 radical (unpaired) electrons. The minimum Gasteiger partial charge on any atom is -0.344 e. The second-order valence-electron chi connectivity index (χ2n) is 8.03. The predicted octanol–water partition coefficient (Wildman–Crippen LogP) is 3.34. The van der Waals surface area contributed by atoms with Gasteiger partial charge in [-0.1, -0.05) is 24.3 Å². The molecular weight excluding hydrogens is 446 g/mol. The molecule has 35 heavy (non-hydrogen) atoms. The van der Waals surface area contributed by atoms with Gasteiger partial charge in [-0.25, -0.2) is 0 Å². The molecule has 0 saturated carbocycles. The zero-order valence-corrected chi connectivity index (χ0v) is 18.9. The summed E-state index contributed by atoms with van der Waals surface area (Å²) in [5.41, 5.74) is 4.13. The number of H-pyrrole nitrogens is 1. The number of ketones is 1. The number of hydrogen-bond donors (Lipinski definition) is 4. The zero-order chi connectivity index (χ0) is 24.5. The van der Waals surface area contributed by atoms with Crippen molar-refractivity contribution in [1.29, 1.82) is 0 Å². The Hall–Kier alpha value is -4.99. The Kier molecular flexibility index (Phi) is 5.46. The van der Waals surface area contributed by atoms with Crippen LogP contribution in [0.2, 0.25) is 0 Å². The number of nitrogens with zero attached hydrogens (tertiary/aromatic N) is 3. The normalized spacial score (nSPS) is 13.4. The fraction of sp³-hybridized carbons (Fsp3) is 0.0800. The van der Waals surface area contributed by atoms with Crippen LogP contribution in [0.15, 0.2) is 67.0 Å². The van der Waals surface area contributed by atoms with Gasteiger partial charge in [-0.05, 0) is 31.2 Å². The summed E-state index contributed by atoms with van der Waals surface area (Å²) in [6, 6.07) is 15.2. The van der Waals surface area contributed by atoms with Crippen LogP contribution in [0.5, 0.6) is 0 Å². The highest BCUT2D eigenvalue weighted by Gasteiger charge is 2.25. The molecule has 2 aromatic carbocycles. The molecule has 174 valence electrons. The van der Waals surface area contributed by atoms with Crippen LogP contribution in [0.4, 0.5) is 17.2 Å². The van der Waals surface area contributed by atoms with E-state index in [1.54, 1.807) is 74.0 Å². The van der Waals surface area contributed by atoms with E-state index < -0.39 is 0 Å². The summed E-state index contributed by atoms with van der Waals surface area (Å²) in [6.07, 6.45) is 3.25. The Morgan fingerprint density at radius 2 is 1.89 bits per heavy atom. The molecule has 1 aliphatic rings. The van der Waals surface area contributed by atoms with E-state index in [0.717, 1.165) is 5.69 Å². The first kappa shape index (κ1) is 21.8. The molecule has 0 unspecified atom stereocenters. The van der Waals surface area contributed by atoms with Crippen molar-refractivity contribution >= 4 is 40.4 Å². The molecule has 0 fully saturated rings. The van der Waals surface area contributed by atoms with Crippen molar-refractivity contribution in [2.24, 2.45) is 7.05 Å². The summed E-state index contributed by atoms with van der Waals surface area (Å²) < 4.78 is 1.51. The molecule has 3 heterocycles. The average molecular weight is 467 g/mol. The Labute approximate surface area is 200 Å². The number of aryl methyl sites for hydroxylation is 2. The molecule has 0 atom stereocenters. The van der Waals surface area contributed by atoms with Gasteiger partial charge in [-0.3, -0.25) is 24.2 Å². The van der Waals surface area contributed by atoms with Gasteiger partial charge < -0.3 is 16.0 Å². The summed E-state index contributed by atoms with van der Waals surface area (Å²) in [7, 11) is 1.70. The molecule has 0 aliphatic carbocycles. The molecule has 0 saturated heterocycles. The van der Waals surface area contributed by atoms with Gasteiger partial charge >= 0.3 is 0 Å². The summed E-state index contributed by atoms with van der Waals surface area (Å²) in [6.45, 7) is 1.81. The number of aromatic amines is 1. The number of carbonyl (C=O) groups excluding carboxylic acids is 3. The maximum absolute atomic E-state index is 13.2. The van der Waals surface area contributed by atoms with Crippen molar-refractivity contribution < 1.29 is 14.4 Å². The third-order valence-electron chi connectivity index (χ3n) is 5.55. The first-order chi connectivity index (χ1) is 16.9. The standard InChI is InChI=1S/C25H21N7O3/c1-14-10-21(32(2)31-14)25(35)28-17-5-3-4-15(11-17)23(33)16-6-7-18-19(24(34)29-20(18)12-16)13-26-22-8-9-27-30-22/h3-13H,1-2H3,(H,28,35)(H,29,34)(H2,26,27,30)/b19-13-. The van der Waals surface area contributed by atoms with Crippen molar-refractivity contribution in [3.8, 4) is 0 Å². The first-order valence-electron chi connectivity index (χ1n) is 10.8. The second-order valence-corrected chi connectivity index (χ2v) is 8.03. The fourth-order valence-electron chi connectivity index (χ4n) is 3.89. The van der Waals surface area contributed by atoms with Gasteiger partial charge in [-0.2, -0.15) is 10.2 Å². The lowest BCUT2D eigenvalue weighted by Gasteiger charge is -2.08. The van der Waals surface area contributed by atoms with E-state index in [1.165, 1.54) is 4.68 Å². The quantitative estimate of drug-likeness (QED) is 0.254. The molecule has 2 amide bonds. The fourth-order valence-corrected chi connectivity index (χ4v) is 3.89. The molecule has 0 bridgehead atoms. The van der Waals surface area contributed by atoms with E-state index >= 15 is 0 Å². The lowest BCUT2D eigenvalue weighted by atomic mass is 9.99. The monoisotopic (exact) mass is 467 g/mol. The van der Waals surface area contributed by atoms with Crippen molar-refractivity contribution in [2.45, 2.75) is 6.92 Å². The molecule has 0 spiro atoms. The van der Waals surface area contributed by atoms with E-state index in [4.69, 9.17) is 0 Å². The van der Waals surface area contributed by atoms with Crippen LogP contribution in [0, 0.1) is 6.92 Å². The molecular formula is C25H21N7O3. The number of anilines is 3. The van der Waals surface area contributed by atoms with E-state index in [1.807, 2.05) is 6.92 Å². The van der Waals surface area contributed by atoms with E-state index in [-0.39, 0.29) is 17.6 Å². The lowest BCUT2D eigenvalue weighted by molar-refractivity contribution is -0.110. The number of rotatable bonds is 6. The third kappa shape index (κ3) is 4.32. The molecule has 4 N–H and O–H groups in total. The number of benzene rings is 2. The summed E-state index contributed by atoms with van der Waals surface area (Å²) >= 11 is 0. The number of hydrogen-bond acceptors (Lipinski definition) is 6. The van der Waals surface area contributed by atoms with Crippen LogP contribution in [0.25, 0.3) is 5.57 Å². The highest BCUT2D eigenvalue weighted by atomic mass is 16.2. The van der Waals surface area contributed by atoms with Gasteiger partial charge in [0.25, 0.3) is 11.8 Å². The number of carbonyl (C=O) groups is 3.